The second kappa shape index (κ2) is 9.95. The number of halogens is 1. The number of nitrogens with one attached hydrogen (secondary N) is 2. The molecule has 1 unspecified atom stereocenters. The van der Waals surface area contributed by atoms with Gasteiger partial charge in [-0.2, -0.15) is 4.72 Å². The van der Waals surface area contributed by atoms with Gasteiger partial charge in [0, 0.05) is 32.4 Å². The van der Waals surface area contributed by atoms with Gasteiger partial charge in [-0.05, 0) is 18.6 Å². The van der Waals surface area contributed by atoms with E-state index in [1.54, 1.807) is 0 Å². The van der Waals surface area contributed by atoms with Crippen molar-refractivity contribution in [1.82, 2.24) is 9.62 Å². The summed E-state index contributed by atoms with van der Waals surface area (Å²) in [5, 5.41) is 12.4. The SMILES string of the molecule is NS(=O)(=O)c1cc2c(cc1Cl)NC1(CCN(C(=O)CCC(CON=O)ON=O)CC1)NS2(=O)=O. The van der Waals surface area contributed by atoms with Crippen molar-refractivity contribution < 1.29 is 31.3 Å². The molecule has 2 aliphatic heterocycles. The van der Waals surface area contributed by atoms with Crippen LogP contribution < -0.4 is 15.2 Å². The van der Waals surface area contributed by atoms with Crippen LogP contribution >= 0.6 is 11.6 Å². The molecule has 0 saturated carbocycles. The van der Waals surface area contributed by atoms with Crippen molar-refractivity contribution in [2.75, 3.05) is 25.0 Å². The van der Waals surface area contributed by atoms with Crippen molar-refractivity contribution in [2.24, 2.45) is 15.8 Å². The molecule has 0 radical (unpaired) electrons. The lowest BCUT2D eigenvalue weighted by Crippen LogP contribution is -2.62. The van der Waals surface area contributed by atoms with E-state index in [4.69, 9.17) is 16.7 Å². The van der Waals surface area contributed by atoms with Crippen LogP contribution in [-0.2, 0) is 34.5 Å². The molecule has 1 amide bonds. The van der Waals surface area contributed by atoms with Gasteiger partial charge in [0.05, 0.1) is 10.7 Å². The normalized spacial score (nSPS) is 19.4. The van der Waals surface area contributed by atoms with Gasteiger partial charge in [-0.25, -0.2) is 22.0 Å². The van der Waals surface area contributed by atoms with E-state index in [0.717, 1.165) is 6.07 Å². The number of rotatable bonds is 9. The van der Waals surface area contributed by atoms with E-state index in [0.29, 0.717) is 0 Å². The highest BCUT2D eigenvalue weighted by Gasteiger charge is 2.44. The van der Waals surface area contributed by atoms with Crippen LogP contribution in [0.15, 0.2) is 32.6 Å². The summed E-state index contributed by atoms with van der Waals surface area (Å²) in [5.41, 5.74) is -1.01. The molecular formula is C16H21ClN6O9S2. The van der Waals surface area contributed by atoms with Gasteiger partial charge in [-0.3, -0.25) is 4.79 Å². The third kappa shape index (κ3) is 5.72. The fraction of sp³-hybridized carbons (Fsp3) is 0.562. The first-order valence-electron chi connectivity index (χ1n) is 9.80. The number of fused-ring (bicyclic) bond motifs is 1. The summed E-state index contributed by atoms with van der Waals surface area (Å²) < 4.78 is 51.7. The molecule has 4 N–H and O–H groups in total. The molecule has 1 saturated heterocycles. The molecule has 2 aliphatic rings. The van der Waals surface area contributed by atoms with Crippen molar-refractivity contribution in [1.29, 1.82) is 0 Å². The number of benzene rings is 1. The first kappa shape index (κ1) is 26.0. The summed E-state index contributed by atoms with van der Waals surface area (Å²) in [6.07, 6.45) is -0.528. The third-order valence-corrected chi connectivity index (χ3v) is 8.44. The summed E-state index contributed by atoms with van der Waals surface area (Å²) in [7, 11) is -8.37. The Kier molecular flexibility index (Phi) is 7.61. The second-order valence-corrected chi connectivity index (χ2v) is 11.3. The maximum Gasteiger partial charge on any atom is 0.244 e. The Morgan fingerprint density at radius 3 is 2.53 bits per heavy atom. The van der Waals surface area contributed by atoms with E-state index in [-0.39, 0.29) is 66.9 Å². The topological polar surface area (TPSA) is 216 Å². The van der Waals surface area contributed by atoms with Crippen LogP contribution in [0.5, 0.6) is 0 Å². The number of piperidine rings is 1. The van der Waals surface area contributed by atoms with Gasteiger partial charge in [-0.1, -0.05) is 11.6 Å². The van der Waals surface area contributed by atoms with Gasteiger partial charge in [0.25, 0.3) is 0 Å². The van der Waals surface area contributed by atoms with Crippen LogP contribution in [0, 0.1) is 9.81 Å². The molecule has 0 bridgehead atoms. The van der Waals surface area contributed by atoms with Gasteiger partial charge in [0.1, 0.15) is 15.5 Å². The first-order chi connectivity index (χ1) is 15.9. The van der Waals surface area contributed by atoms with Gasteiger partial charge < -0.3 is 19.9 Å². The molecule has 34 heavy (non-hydrogen) atoms. The zero-order valence-corrected chi connectivity index (χ0v) is 19.9. The number of nitrogens with two attached hydrogens (primary N) is 1. The molecule has 1 aromatic carbocycles. The molecule has 1 fully saturated rings. The monoisotopic (exact) mass is 540 g/mol. The summed E-state index contributed by atoms with van der Waals surface area (Å²) in [6.45, 7) is 0.0412. The fourth-order valence-corrected chi connectivity index (χ4v) is 6.54. The Labute approximate surface area is 199 Å². The Hall–Kier alpha value is -2.60. The quantitative estimate of drug-likeness (QED) is 0.292. The minimum Gasteiger partial charge on any atom is -0.365 e. The van der Waals surface area contributed by atoms with E-state index in [1.165, 1.54) is 11.0 Å². The third-order valence-electron chi connectivity index (χ3n) is 5.49. The highest BCUT2D eigenvalue weighted by atomic mass is 35.5. The number of likely N-dealkylation sites (tertiary alicyclic amines) is 1. The average Bonchev–Trinajstić information content (AvgIpc) is 2.74. The van der Waals surface area contributed by atoms with E-state index in [1.807, 2.05) is 0 Å². The average molecular weight is 541 g/mol. The lowest BCUT2D eigenvalue weighted by atomic mass is 9.96. The zero-order valence-electron chi connectivity index (χ0n) is 17.5. The molecule has 1 spiro atoms. The largest absolute Gasteiger partial charge is 0.365 e. The predicted octanol–water partition coefficient (Wildman–Crippen LogP) is 0.555. The number of carbonyl (C=O) groups is 1. The van der Waals surface area contributed by atoms with Crippen molar-refractivity contribution in [3.63, 3.8) is 0 Å². The Balaban J connectivity index is 1.68. The summed E-state index contributed by atoms with van der Waals surface area (Å²) >= 11 is 6.01. The number of sulfonamides is 2. The second-order valence-electron chi connectivity index (χ2n) is 7.73. The van der Waals surface area contributed by atoms with Crippen molar-refractivity contribution in [3.05, 3.63) is 27.0 Å². The molecule has 3 rings (SSSR count). The molecule has 18 heteroatoms. The Morgan fingerprint density at radius 2 is 1.94 bits per heavy atom. The van der Waals surface area contributed by atoms with E-state index < -0.39 is 36.7 Å². The molecule has 1 aromatic rings. The van der Waals surface area contributed by atoms with Crippen LogP contribution in [0.3, 0.4) is 0 Å². The lowest BCUT2D eigenvalue weighted by molar-refractivity contribution is -0.133. The highest BCUT2D eigenvalue weighted by Crippen LogP contribution is 2.38. The first-order valence-corrected chi connectivity index (χ1v) is 13.2. The van der Waals surface area contributed by atoms with Crippen LogP contribution in [0.4, 0.5) is 5.69 Å². The Morgan fingerprint density at radius 1 is 1.26 bits per heavy atom. The smallest absolute Gasteiger partial charge is 0.244 e. The number of nitrogens with zero attached hydrogens (tertiary/aromatic N) is 3. The fourth-order valence-electron chi connectivity index (χ4n) is 3.82. The zero-order chi connectivity index (χ0) is 25.1. The molecule has 2 heterocycles. The predicted molar refractivity (Wildman–Crippen MR) is 117 cm³/mol. The van der Waals surface area contributed by atoms with Crippen molar-refractivity contribution in [2.45, 2.75) is 47.2 Å². The molecule has 15 nitrogen and oxygen atoms in total. The number of hydrogen-bond donors (Lipinski definition) is 3. The molecular weight excluding hydrogens is 520 g/mol. The maximum absolute atomic E-state index is 12.9. The van der Waals surface area contributed by atoms with E-state index >= 15 is 0 Å². The number of amides is 1. The van der Waals surface area contributed by atoms with Gasteiger partial charge in [0.15, 0.2) is 23.4 Å². The number of anilines is 1. The van der Waals surface area contributed by atoms with E-state index in [9.17, 15) is 31.4 Å². The minimum atomic E-state index is -4.24. The molecule has 1 atom stereocenters. The molecule has 0 aliphatic carbocycles. The number of hydrogen-bond acceptors (Lipinski definition) is 12. The summed E-state index contributed by atoms with van der Waals surface area (Å²) in [5.74, 6) is -0.284. The van der Waals surface area contributed by atoms with E-state index in [2.05, 4.69) is 30.4 Å². The van der Waals surface area contributed by atoms with Crippen LogP contribution in [0.25, 0.3) is 0 Å². The van der Waals surface area contributed by atoms with Crippen LogP contribution in [0.1, 0.15) is 25.7 Å². The summed E-state index contributed by atoms with van der Waals surface area (Å²) in [6, 6.07) is 2.08. The van der Waals surface area contributed by atoms with Gasteiger partial charge in [-0.15, -0.1) is 9.81 Å². The van der Waals surface area contributed by atoms with Gasteiger partial charge in [0.2, 0.25) is 26.0 Å². The van der Waals surface area contributed by atoms with Crippen molar-refractivity contribution >= 4 is 43.2 Å². The minimum absolute atomic E-state index is 0.0384. The Bertz CT molecular complexity index is 1190. The lowest BCUT2D eigenvalue weighted by Gasteiger charge is -2.45. The maximum atomic E-state index is 12.9. The number of primary sulfonamides is 1. The van der Waals surface area contributed by atoms with Crippen molar-refractivity contribution in [3.8, 4) is 0 Å². The highest BCUT2D eigenvalue weighted by molar-refractivity contribution is 7.90. The molecule has 188 valence electrons. The summed E-state index contributed by atoms with van der Waals surface area (Å²) in [4.78, 5) is 42.3. The standard InChI is InChI=1S/C16H21ClN6O9S2/c17-11-7-12-14(8-13(11)33(18,27)28)34(29,30)20-16(19-12)3-5-23(6-4-16)15(24)2-1-10(32-22-26)9-31-21-25/h7-8,10,19-20H,1-6,9H2,(H2,18,27,28). The van der Waals surface area contributed by atoms with Crippen LogP contribution in [-0.4, -0.2) is 59.1 Å². The van der Waals surface area contributed by atoms with Crippen LogP contribution in [0.2, 0.25) is 5.02 Å². The molecule has 0 aromatic heterocycles. The van der Waals surface area contributed by atoms with Gasteiger partial charge >= 0.3 is 0 Å². The number of carbonyl (C=O) groups excluding carboxylic acids is 1.